The number of anilines is 1. The van der Waals surface area contributed by atoms with Crippen molar-refractivity contribution in [3.8, 4) is 5.75 Å². The Morgan fingerprint density at radius 1 is 1.29 bits per heavy atom. The summed E-state index contributed by atoms with van der Waals surface area (Å²) in [6, 6.07) is 9.25. The first-order chi connectivity index (χ1) is 13.5. The van der Waals surface area contributed by atoms with Crippen molar-refractivity contribution >= 4 is 17.5 Å². The zero-order valence-corrected chi connectivity index (χ0v) is 15.7. The van der Waals surface area contributed by atoms with Crippen LogP contribution in [0.5, 0.6) is 5.75 Å². The molecule has 2 aliphatic heterocycles. The lowest BCUT2D eigenvalue weighted by Gasteiger charge is -2.21. The van der Waals surface area contributed by atoms with E-state index >= 15 is 0 Å². The zero-order valence-electron chi connectivity index (χ0n) is 15.7. The lowest BCUT2D eigenvalue weighted by molar-refractivity contribution is -0.114. The highest BCUT2D eigenvalue weighted by atomic mass is 16.5. The van der Waals surface area contributed by atoms with Gasteiger partial charge in [-0.1, -0.05) is 12.1 Å². The average Bonchev–Trinajstić information content (AvgIpc) is 3.02. The van der Waals surface area contributed by atoms with Gasteiger partial charge in [-0.3, -0.25) is 14.6 Å². The second kappa shape index (κ2) is 7.32. The van der Waals surface area contributed by atoms with Crippen molar-refractivity contribution in [3.05, 3.63) is 65.1 Å². The lowest BCUT2D eigenvalue weighted by Crippen LogP contribution is -2.33. The molecule has 2 aliphatic rings. The molecule has 1 unspecified atom stereocenters. The van der Waals surface area contributed by atoms with Crippen molar-refractivity contribution in [2.45, 2.75) is 19.5 Å². The van der Waals surface area contributed by atoms with Gasteiger partial charge >= 0.3 is 0 Å². The van der Waals surface area contributed by atoms with Crippen molar-refractivity contribution in [2.75, 3.05) is 19.0 Å². The Morgan fingerprint density at radius 2 is 2.14 bits per heavy atom. The third-order valence-electron chi connectivity index (χ3n) is 4.70. The fraction of sp³-hybridized carbons (Fsp3) is 0.250. The normalized spacial score (nSPS) is 17.6. The van der Waals surface area contributed by atoms with E-state index in [0.717, 1.165) is 28.3 Å². The van der Waals surface area contributed by atoms with Crippen LogP contribution in [-0.4, -0.2) is 35.5 Å². The van der Waals surface area contributed by atoms with Crippen molar-refractivity contribution in [3.63, 3.8) is 0 Å². The molecule has 0 saturated heterocycles. The number of rotatable bonds is 3. The maximum absolute atomic E-state index is 11.6. The number of hydrogen-bond acceptors (Lipinski definition) is 6. The molecule has 0 fully saturated rings. The smallest absolute Gasteiger partial charge is 0.269 e. The third-order valence-corrected chi connectivity index (χ3v) is 4.70. The number of hydrazine groups is 1. The molecule has 3 N–H and O–H groups in total. The first-order valence-electron chi connectivity index (χ1n) is 8.99. The Balaban J connectivity index is 1.50. The number of aromatic nitrogens is 1. The highest BCUT2D eigenvalue weighted by Crippen LogP contribution is 2.33. The van der Waals surface area contributed by atoms with Crippen molar-refractivity contribution in [1.29, 1.82) is 0 Å². The Morgan fingerprint density at radius 3 is 2.86 bits per heavy atom. The summed E-state index contributed by atoms with van der Waals surface area (Å²) in [5.74, 6) is 0.441. The van der Waals surface area contributed by atoms with Gasteiger partial charge in [-0.15, -0.1) is 0 Å². The number of amides is 2. The monoisotopic (exact) mass is 379 g/mol. The van der Waals surface area contributed by atoms with Crippen LogP contribution < -0.4 is 20.8 Å². The molecule has 1 aromatic heterocycles. The van der Waals surface area contributed by atoms with Crippen molar-refractivity contribution in [1.82, 2.24) is 20.7 Å². The van der Waals surface area contributed by atoms with Crippen molar-refractivity contribution in [2.24, 2.45) is 0 Å². The summed E-state index contributed by atoms with van der Waals surface area (Å²) < 4.78 is 5.96. The van der Waals surface area contributed by atoms with Crippen LogP contribution in [0.2, 0.25) is 0 Å². The van der Waals surface area contributed by atoms with E-state index < -0.39 is 0 Å². The summed E-state index contributed by atoms with van der Waals surface area (Å²) in [4.78, 5) is 27.1. The fourth-order valence-electron chi connectivity index (χ4n) is 3.29. The van der Waals surface area contributed by atoms with Gasteiger partial charge in [-0.05, 0) is 23.8 Å². The van der Waals surface area contributed by atoms with Gasteiger partial charge in [0.2, 0.25) is 5.91 Å². The molecule has 0 saturated carbocycles. The predicted molar refractivity (Wildman–Crippen MR) is 103 cm³/mol. The van der Waals surface area contributed by atoms with E-state index in [0.29, 0.717) is 18.8 Å². The summed E-state index contributed by atoms with van der Waals surface area (Å²) >= 11 is 0. The quantitative estimate of drug-likeness (QED) is 0.752. The minimum atomic E-state index is -0.207. The van der Waals surface area contributed by atoms with E-state index in [9.17, 15) is 9.59 Å². The molecule has 0 radical (unpaired) electrons. The lowest BCUT2D eigenvalue weighted by atomic mass is 10.1. The summed E-state index contributed by atoms with van der Waals surface area (Å²) in [6.45, 7) is 2.54. The number of pyridine rings is 1. The molecule has 1 atom stereocenters. The van der Waals surface area contributed by atoms with Crippen LogP contribution in [0.15, 0.2) is 48.3 Å². The first kappa shape index (κ1) is 18.0. The minimum absolute atomic E-state index is 0.0370. The number of nitrogens with one attached hydrogen (secondary N) is 3. The maximum atomic E-state index is 11.6. The Hall–Kier alpha value is -3.39. The molecular weight excluding hydrogens is 358 g/mol. The number of carbonyl (C=O) groups is 2. The maximum Gasteiger partial charge on any atom is 0.269 e. The van der Waals surface area contributed by atoms with Crippen LogP contribution in [0.25, 0.3) is 0 Å². The molecule has 3 heterocycles. The van der Waals surface area contributed by atoms with Gasteiger partial charge in [0, 0.05) is 37.5 Å². The summed E-state index contributed by atoms with van der Waals surface area (Å²) in [5, 5.41) is 7.39. The Bertz CT molecular complexity index is 955. The largest absolute Gasteiger partial charge is 0.487 e. The van der Waals surface area contributed by atoms with Gasteiger partial charge in [-0.2, -0.15) is 0 Å². The van der Waals surface area contributed by atoms with Crippen LogP contribution in [0, 0.1) is 0 Å². The van der Waals surface area contributed by atoms with Crippen LogP contribution in [0.3, 0.4) is 0 Å². The third kappa shape index (κ3) is 3.54. The van der Waals surface area contributed by atoms with Crippen LogP contribution in [-0.2, 0) is 11.3 Å². The van der Waals surface area contributed by atoms with Crippen LogP contribution >= 0.6 is 0 Å². The summed E-state index contributed by atoms with van der Waals surface area (Å²) in [5.41, 5.74) is 7.57. The second-order valence-corrected chi connectivity index (χ2v) is 6.70. The van der Waals surface area contributed by atoms with Gasteiger partial charge in [0.1, 0.15) is 18.1 Å². The van der Waals surface area contributed by atoms with E-state index in [4.69, 9.17) is 4.74 Å². The molecule has 8 nitrogen and oxygen atoms in total. The standard InChI is InChI=1S/C20H21N5O3/c1-12(26)23-15-5-3-14-10-25-16(11-28-19(14)7-15)8-18(24-25)13-4-6-17(22-9-13)20(27)21-2/h3-9,18,24H,10-11H2,1-2H3,(H,21,27)(H,23,26). The number of ether oxygens (including phenoxy) is 1. The molecule has 144 valence electrons. The van der Waals surface area contributed by atoms with Gasteiger partial charge in [-0.25, -0.2) is 5.43 Å². The average molecular weight is 379 g/mol. The predicted octanol–water partition coefficient (Wildman–Crippen LogP) is 1.74. The van der Waals surface area contributed by atoms with E-state index in [2.05, 4.69) is 32.1 Å². The number of fused-ring (bicyclic) bond motifs is 2. The Kier molecular flexibility index (Phi) is 4.70. The second-order valence-electron chi connectivity index (χ2n) is 6.70. The zero-order chi connectivity index (χ0) is 19.7. The van der Waals surface area contributed by atoms with Gasteiger partial charge < -0.3 is 20.4 Å². The molecule has 4 rings (SSSR count). The number of nitrogens with zero attached hydrogens (tertiary/aromatic N) is 2. The molecule has 2 amide bonds. The molecule has 2 aromatic rings. The summed E-state index contributed by atoms with van der Waals surface area (Å²) in [7, 11) is 1.58. The number of benzene rings is 1. The van der Waals surface area contributed by atoms with Crippen molar-refractivity contribution < 1.29 is 14.3 Å². The molecule has 0 aliphatic carbocycles. The first-order valence-corrected chi connectivity index (χ1v) is 8.99. The van der Waals surface area contributed by atoms with E-state index in [1.165, 1.54) is 6.92 Å². The fourth-order valence-corrected chi connectivity index (χ4v) is 3.29. The molecular formula is C20H21N5O3. The van der Waals surface area contributed by atoms with E-state index in [1.807, 2.05) is 24.3 Å². The van der Waals surface area contributed by atoms with Gasteiger partial charge in [0.05, 0.1) is 18.3 Å². The molecule has 0 spiro atoms. The molecule has 28 heavy (non-hydrogen) atoms. The minimum Gasteiger partial charge on any atom is -0.487 e. The van der Waals surface area contributed by atoms with E-state index in [1.54, 1.807) is 19.3 Å². The van der Waals surface area contributed by atoms with Crippen LogP contribution in [0.4, 0.5) is 5.69 Å². The summed E-state index contributed by atoms with van der Waals surface area (Å²) in [6.07, 6.45) is 3.80. The van der Waals surface area contributed by atoms with Gasteiger partial charge in [0.15, 0.2) is 0 Å². The number of carbonyl (C=O) groups excluding carboxylic acids is 2. The molecule has 0 bridgehead atoms. The Labute approximate surface area is 162 Å². The molecule has 1 aromatic carbocycles. The van der Waals surface area contributed by atoms with Gasteiger partial charge in [0.25, 0.3) is 5.91 Å². The molecule has 8 heteroatoms. The SMILES string of the molecule is CNC(=O)c1ccc(C2C=C3COc4cc(NC(C)=O)ccc4CN3N2)cn1. The highest BCUT2D eigenvalue weighted by molar-refractivity contribution is 5.92. The van der Waals surface area contributed by atoms with Crippen LogP contribution in [0.1, 0.15) is 34.6 Å². The van der Waals surface area contributed by atoms with E-state index in [-0.39, 0.29) is 17.9 Å². The topological polar surface area (TPSA) is 95.6 Å². The highest BCUT2D eigenvalue weighted by Gasteiger charge is 2.28. The number of hydrogen-bond donors (Lipinski definition) is 3.